The summed E-state index contributed by atoms with van der Waals surface area (Å²) in [5.74, 6) is 2.49. The van der Waals surface area contributed by atoms with Gasteiger partial charge in [0.15, 0.2) is 5.82 Å². The van der Waals surface area contributed by atoms with Crippen LogP contribution in [-0.2, 0) is 19.5 Å². The van der Waals surface area contributed by atoms with E-state index in [-0.39, 0.29) is 0 Å². The Balaban J connectivity index is 1.20. The van der Waals surface area contributed by atoms with E-state index in [4.69, 9.17) is 19.9 Å². The summed E-state index contributed by atoms with van der Waals surface area (Å²) in [7, 11) is 2.16. The summed E-state index contributed by atoms with van der Waals surface area (Å²) in [5.41, 5.74) is 4.59. The maximum absolute atomic E-state index is 5.08. The lowest BCUT2D eigenvalue weighted by Gasteiger charge is -2.32. The van der Waals surface area contributed by atoms with Gasteiger partial charge in [-0.15, -0.1) is 0 Å². The number of aromatic nitrogens is 4. The Kier molecular flexibility index (Phi) is 8.27. The number of fused-ring (bicyclic) bond motifs is 1. The number of hydrogen-bond donors (Lipinski definition) is 1. The van der Waals surface area contributed by atoms with Gasteiger partial charge in [0.25, 0.3) is 0 Å². The molecule has 2 aromatic heterocycles. The molecule has 2 saturated heterocycles. The van der Waals surface area contributed by atoms with Crippen molar-refractivity contribution in [2.75, 3.05) is 76.2 Å². The number of likely N-dealkylation sites (N-methyl/N-ethyl adjacent to an activating group) is 1. The van der Waals surface area contributed by atoms with E-state index >= 15 is 0 Å². The Hall–Kier alpha value is -3.14. The maximum atomic E-state index is 5.08. The van der Waals surface area contributed by atoms with E-state index < -0.39 is 0 Å². The summed E-state index contributed by atoms with van der Waals surface area (Å²) < 4.78 is 0. The lowest BCUT2D eigenvalue weighted by Crippen LogP contribution is -2.45. The molecule has 3 aliphatic rings. The predicted molar refractivity (Wildman–Crippen MR) is 156 cm³/mol. The van der Waals surface area contributed by atoms with Crippen LogP contribution in [0.25, 0.3) is 11.4 Å². The number of nitrogens with one attached hydrogen (secondary N) is 1. The third-order valence-corrected chi connectivity index (χ3v) is 8.22. The molecule has 1 N–H and O–H groups in total. The fourth-order valence-electron chi connectivity index (χ4n) is 5.86. The molecule has 0 unspecified atom stereocenters. The molecule has 5 heterocycles. The number of piperazine rings is 1. The highest BCUT2D eigenvalue weighted by molar-refractivity contribution is 5.59. The maximum Gasteiger partial charge on any atom is 0.225 e. The zero-order valence-electron chi connectivity index (χ0n) is 23.2. The van der Waals surface area contributed by atoms with Gasteiger partial charge in [0, 0.05) is 70.3 Å². The second-order valence-electron chi connectivity index (χ2n) is 11.2. The molecule has 0 amide bonds. The minimum absolute atomic E-state index is 0.710. The first-order valence-corrected chi connectivity index (χ1v) is 14.6. The summed E-state index contributed by atoms with van der Waals surface area (Å²) >= 11 is 0. The van der Waals surface area contributed by atoms with Crippen molar-refractivity contribution in [1.29, 1.82) is 0 Å². The van der Waals surface area contributed by atoms with Gasteiger partial charge < -0.3 is 20.0 Å². The van der Waals surface area contributed by atoms with Crippen molar-refractivity contribution < 1.29 is 0 Å². The van der Waals surface area contributed by atoms with Gasteiger partial charge in [-0.25, -0.2) is 19.9 Å². The molecule has 0 spiro atoms. The Labute approximate surface area is 232 Å². The van der Waals surface area contributed by atoms with Crippen LogP contribution < -0.4 is 10.2 Å². The van der Waals surface area contributed by atoms with Gasteiger partial charge in [0.1, 0.15) is 5.82 Å². The average molecular weight is 528 g/mol. The van der Waals surface area contributed by atoms with Crippen molar-refractivity contribution in [1.82, 2.24) is 34.6 Å². The van der Waals surface area contributed by atoms with Crippen molar-refractivity contribution >= 4 is 11.8 Å². The first-order valence-electron chi connectivity index (χ1n) is 14.6. The number of benzene rings is 1. The molecular formula is C30H41N9. The molecule has 9 nitrogen and oxygen atoms in total. The summed E-state index contributed by atoms with van der Waals surface area (Å²) in [6, 6.07) is 10.7. The van der Waals surface area contributed by atoms with Crippen LogP contribution in [0, 0.1) is 0 Å². The normalized spacial score (nSPS) is 18.8. The Morgan fingerprint density at radius 3 is 2.38 bits per heavy atom. The number of rotatable bonds is 9. The fraction of sp³-hybridized carbons (Fsp3) is 0.533. The molecule has 3 aliphatic heterocycles. The smallest absolute Gasteiger partial charge is 0.225 e. The van der Waals surface area contributed by atoms with E-state index in [0.717, 1.165) is 94.8 Å². The third kappa shape index (κ3) is 6.54. The highest BCUT2D eigenvalue weighted by Gasteiger charge is 2.24. The molecule has 6 rings (SSSR count). The molecule has 0 radical (unpaired) electrons. The van der Waals surface area contributed by atoms with Crippen LogP contribution >= 0.6 is 0 Å². The van der Waals surface area contributed by atoms with Crippen molar-refractivity contribution in [3.8, 4) is 11.4 Å². The van der Waals surface area contributed by atoms with Gasteiger partial charge in [-0.1, -0.05) is 30.3 Å². The van der Waals surface area contributed by atoms with Gasteiger partial charge >= 0.3 is 0 Å². The standard InChI is InChI=1S/C30H41N9/c1-36-16-18-39(19-17-36)30-32-20-25(21-33-30)28-34-27-23-38(22-24-8-3-2-4-9-24)15-10-26(27)29(35-28)31-11-7-14-37-12-5-6-13-37/h2-4,8-9,20-21H,5-7,10-19,22-23H2,1H3,(H,31,34,35). The molecule has 1 aromatic carbocycles. The summed E-state index contributed by atoms with van der Waals surface area (Å²) in [5, 5.41) is 3.69. The Bertz CT molecular complexity index is 1200. The lowest BCUT2D eigenvalue weighted by atomic mass is 10.0. The molecule has 0 bridgehead atoms. The molecule has 0 aliphatic carbocycles. The second kappa shape index (κ2) is 12.4. The summed E-state index contributed by atoms with van der Waals surface area (Å²) in [6.45, 7) is 11.3. The van der Waals surface area contributed by atoms with Crippen LogP contribution in [0.5, 0.6) is 0 Å². The molecule has 0 saturated carbocycles. The molecule has 2 fully saturated rings. The van der Waals surface area contributed by atoms with E-state index in [0.29, 0.717) is 5.82 Å². The first kappa shape index (κ1) is 26.1. The second-order valence-corrected chi connectivity index (χ2v) is 11.2. The average Bonchev–Trinajstić information content (AvgIpc) is 3.50. The number of hydrogen-bond acceptors (Lipinski definition) is 9. The van der Waals surface area contributed by atoms with Crippen LogP contribution in [0.15, 0.2) is 42.7 Å². The Morgan fingerprint density at radius 1 is 0.846 bits per heavy atom. The largest absolute Gasteiger partial charge is 0.370 e. The SMILES string of the molecule is CN1CCN(c2ncc(-c3nc4c(c(NCCCN5CCCC5)n3)CCN(Cc3ccccc3)C4)cn2)CC1. The number of likely N-dealkylation sites (tertiary alicyclic amines) is 1. The van der Waals surface area contributed by atoms with E-state index in [1.165, 1.54) is 37.1 Å². The molecule has 39 heavy (non-hydrogen) atoms. The van der Waals surface area contributed by atoms with Gasteiger partial charge in [0.05, 0.1) is 11.3 Å². The van der Waals surface area contributed by atoms with Gasteiger partial charge in [0.2, 0.25) is 5.95 Å². The minimum atomic E-state index is 0.710. The van der Waals surface area contributed by atoms with Crippen LogP contribution in [0.3, 0.4) is 0 Å². The lowest BCUT2D eigenvalue weighted by molar-refractivity contribution is 0.241. The summed E-state index contributed by atoms with van der Waals surface area (Å²) in [6.07, 6.45) is 8.54. The number of nitrogens with zero attached hydrogens (tertiary/aromatic N) is 8. The van der Waals surface area contributed by atoms with E-state index in [1.807, 2.05) is 12.4 Å². The van der Waals surface area contributed by atoms with E-state index in [9.17, 15) is 0 Å². The quantitative estimate of drug-likeness (QED) is 0.422. The van der Waals surface area contributed by atoms with Gasteiger partial charge in [-0.2, -0.15) is 0 Å². The van der Waals surface area contributed by atoms with E-state index in [2.05, 4.69) is 62.3 Å². The van der Waals surface area contributed by atoms with Gasteiger partial charge in [-0.05, 0) is 57.9 Å². The fourth-order valence-corrected chi connectivity index (χ4v) is 5.86. The Morgan fingerprint density at radius 2 is 1.62 bits per heavy atom. The van der Waals surface area contributed by atoms with Crippen LogP contribution in [0.1, 0.15) is 36.1 Å². The van der Waals surface area contributed by atoms with Crippen molar-refractivity contribution in [2.24, 2.45) is 0 Å². The summed E-state index contributed by atoms with van der Waals surface area (Å²) in [4.78, 5) is 29.2. The molecule has 0 atom stereocenters. The molecule has 9 heteroatoms. The van der Waals surface area contributed by atoms with Gasteiger partial charge in [-0.3, -0.25) is 4.90 Å². The topological polar surface area (TPSA) is 76.6 Å². The van der Waals surface area contributed by atoms with Crippen LogP contribution in [-0.4, -0.2) is 101 Å². The molecule has 206 valence electrons. The highest BCUT2D eigenvalue weighted by Crippen LogP contribution is 2.28. The zero-order valence-corrected chi connectivity index (χ0v) is 23.2. The molecular weight excluding hydrogens is 486 g/mol. The minimum Gasteiger partial charge on any atom is -0.370 e. The predicted octanol–water partition coefficient (Wildman–Crippen LogP) is 3.14. The van der Waals surface area contributed by atoms with Crippen molar-refractivity contribution in [3.05, 3.63) is 59.5 Å². The highest BCUT2D eigenvalue weighted by atomic mass is 15.3. The van der Waals surface area contributed by atoms with Crippen molar-refractivity contribution in [3.63, 3.8) is 0 Å². The van der Waals surface area contributed by atoms with E-state index in [1.54, 1.807) is 0 Å². The third-order valence-electron chi connectivity index (χ3n) is 8.22. The first-order chi connectivity index (χ1) is 19.2. The zero-order chi connectivity index (χ0) is 26.4. The van der Waals surface area contributed by atoms with Crippen molar-refractivity contribution in [2.45, 2.75) is 38.8 Å². The van der Waals surface area contributed by atoms with Crippen LogP contribution in [0.4, 0.5) is 11.8 Å². The van der Waals surface area contributed by atoms with Crippen LogP contribution in [0.2, 0.25) is 0 Å². The molecule has 3 aromatic rings. The number of anilines is 2. The monoisotopic (exact) mass is 527 g/mol.